The monoisotopic (exact) mass is 520 g/mol. The highest BCUT2D eigenvalue weighted by Gasteiger charge is 2.47. The fourth-order valence-electron chi connectivity index (χ4n) is 6.72. The average molecular weight is 521 g/mol. The number of nitrogens with one attached hydrogen (secondary N) is 1. The minimum Gasteiger partial charge on any atom is -0.349 e. The Bertz CT molecular complexity index is 761. The van der Waals surface area contributed by atoms with Gasteiger partial charge in [0.1, 0.15) is 6.04 Å². The molecule has 3 atom stereocenters. The van der Waals surface area contributed by atoms with Crippen molar-refractivity contribution in [3.8, 4) is 0 Å². The van der Waals surface area contributed by atoms with Gasteiger partial charge in [0.2, 0.25) is 11.8 Å². The van der Waals surface area contributed by atoms with E-state index >= 15 is 0 Å². The molecule has 4 rings (SSSR count). The van der Waals surface area contributed by atoms with E-state index < -0.39 is 11.8 Å². The first-order chi connectivity index (χ1) is 17.7. The first kappa shape index (κ1) is 28.8. The van der Waals surface area contributed by atoms with Crippen LogP contribution in [0.1, 0.15) is 79.6 Å². The Morgan fingerprint density at radius 1 is 1.03 bits per heavy atom. The second-order valence-electron chi connectivity index (χ2n) is 12.9. The summed E-state index contributed by atoms with van der Waals surface area (Å²) in [5.41, 5.74) is 0. The SMILES string of the molecule is CC(C)C[C@@H]1NCCCN([C@@H](CC(C)C)C(=O)N2CC[C@]3(C[C@@H]2C)OC[C@@H](CN2CCCC2)CO3)C1=O. The summed E-state index contributed by atoms with van der Waals surface area (Å²) in [7, 11) is 0. The molecule has 0 aliphatic carbocycles. The van der Waals surface area contributed by atoms with Crippen LogP contribution in [0.15, 0.2) is 0 Å². The molecule has 0 aromatic heterocycles. The number of hydrogen-bond acceptors (Lipinski definition) is 6. The molecule has 8 heteroatoms. The smallest absolute Gasteiger partial charge is 0.245 e. The number of ether oxygens (including phenoxy) is 2. The summed E-state index contributed by atoms with van der Waals surface area (Å²) in [6, 6.07) is -0.598. The van der Waals surface area contributed by atoms with Crippen molar-refractivity contribution in [2.45, 2.75) is 103 Å². The van der Waals surface area contributed by atoms with Gasteiger partial charge in [-0.05, 0) is 70.5 Å². The van der Waals surface area contributed by atoms with E-state index in [0.29, 0.717) is 50.1 Å². The molecule has 212 valence electrons. The number of amides is 2. The first-order valence-corrected chi connectivity index (χ1v) is 15.0. The fourth-order valence-corrected chi connectivity index (χ4v) is 6.72. The lowest BCUT2D eigenvalue weighted by Crippen LogP contribution is -2.61. The van der Waals surface area contributed by atoms with Gasteiger partial charge in [-0.25, -0.2) is 0 Å². The van der Waals surface area contributed by atoms with Gasteiger partial charge in [0, 0.05) is 44.4 Å². The Labute approximate surface area is 224 Å². The minimum atomic E-state index is -0.573. The van der Waals surface area contributed by atoms with Crippen molar-refractivity contribution in [3.63, 3.8) is 0 Å². The van der Waals surface area contributed by atoms with Gasteiger partial charge < -0.3 is 29.5 Å². The zero-order valence-electron chi connectivity index (χ0n) is 24.0. The summed E-state index contributed by atoms with van der Waals surface area (Å²) in [4.78, 5) is 34.1. The lowest BCUT2D eigenvalue weighted by Gasteiger charge is -2.49. The molecule has 2 amide bonds. The number of rotatable bonds is 8. The fraction of sp³-hybridized carbons (Fsp3) is 0.931. The molecular weight excluding hydrogens is 468 g/mol. The highest BCUT2D eigenvalue weighted by atomic mass is 16.7. The highest BCUT2D eigenvalue weighted by molar-refractivity contribution is 5.90. The molecule has 4 fully saturated rings. The molecule has 0 unspecified atom stereocenters. The minimum absolute atomic E-state index is 0.0118. The van der Waals surface area contributed by atoms with Gasteiger partial charge in [-0.3, -0.25) is 9.59 Å². The van der Waals surface area contributed by atoms with Gasteiger partial charge in [0.25, 0.3) is 0 Å². The van der Waals surface area contributed by atoms with E-state index in [1.807, 2.05) is 9.80 Å². The Morgan fingerprint density at radius 3 is 2.35 bits per heavy atom. The zero-order valence-corrected chi connectivity index (χ0v) is 24.0. The van der Waals surface area contributed by atoms with E-state index in [2.05, 4.69) is 44.8 Å². The first-order valence-electron chi connectivity index (χ1n) is 15.0. The maximum Gasteiger partial charge on any atom is 0.245 e. The van der Waals surface area contributed by atoms with E-state index in [1.54, 1.807) is 0 Å². The molecule has 37 heavy (non-hydrogen) atoms. The van der Waals surface area contributed by atoms with Crippen molar-refractivity contribution >= 4 is 11.8 Å². The molecule has 1 N–H and O–H groups in total. The Kier molecular flexibility index (Phi) is 9.92. The van der Waals surface area contributed by atoms with Gasteiger partial charge >= 0.3 is 0 Å². The summed E-state index contributed by atoms with van der Waals surface area (Å²) < 4.78 is 12.8. The third kappa shape index (κ3) is 7.25. The lowest BCUT2D eigenvalue weighted by atomic mass is 9.92. The molecule has 4 saturated heterocycles. The van der Waals surface area contributed by atoms with Gasteiger partial charge in [-0.2, -0.15) is 0 Å². The summed E-state index contributed by atoms with van der Waals surface area (Å²) in [6.45, 7) is 17.7. The third-order valence-corrected chi connectivity index (χ3v) is 8.65. The Balaban J connectivity index is 1.39. The van der Waals surface area contributed by atoms with E-state index in [1.165, 1.54) is 25.9 Å². The van der Waals surface area contributed by atoms with Crippen LogP contribution in [-0.2, 0) is 19.1 Å². The molecule has 0 aromatic carbocycles. The normalized spacial score (nSPS) is 32.9. The molecule has 1 spiro atoms. The van der Waals surface area contributed by atoms with Crippen molar-refractivity contribution in [2.75, 3.05) is 52.5 Å². The number of likely N-dealkylation sites (tertiary alicyclic amines) is 2. The second kappa shape index (κ2) is 12.8. The maximum atomic E-state index is 14.1. The van der Waals surface area contributed by atoms with E-state index in [4.69, 9.17) is 9.47 Å². The van der Waals surface area contributed by atoms with Crippen LogP contribution in [-0.4, -0.2) is 103 Å². The summed E-state index contributed by atoms with van der Waals surface area (Å²) in [6.07, 6.45) is 6.35. The number of carbonyl (C=O) groups is 2. The summed E-state index contributed by atoms with van der Waals surface area (Å²) >= 11 is 0. The van der Waals surface area contributed by atoms with Crippen LogP contribution in [0.5, 0.6) is 0 Å². The Morgan fingerprint density at radius 2 is 1.73 bits per heavy atom. The molecular formula is C29H52N4O4. The maximum absolute atomic E-state index is 14.1. The van der Waals surface area contributed by atoms with Crippen molar-refractivity contribution in [1.29, 1.82) is 0 Å². The largest absolute Gasteiger partial charge is 0.349 e. The number of piperidine rings is 1. The van der Waals surface area contributed by atoms with Crippen molar-refractivity contribution in [2.24, 2.45) is 17.8 Å². The predicted molar refractivity (Wildman–Crippen MR) is 145 cm³/mol. The van der Waals surface area contributed by atoms with Crippen LogP contribution >= 0.6 is 0 Å². The highest BCUT2D eigenvalue weighted by Crippen LogP contribution is 2.36. The average Bonchev–Trinajstić information content (AvgIpc) is 3.29. The molecule has 0 aromatic rings. The van der Waals surface area contributed by atoms with Crippen molar-refractivity contribution in [1.82, 2.24) is 20.0 Å². The molecule has 8 nitrogen and oxygen atoms in total. The van der Waals surface area contributed by atoms with Gasteiger partial charge in [-0.1, -0.05) is 27.7 Å². The zero-order chi connectivity index (χ0) is 26.6. The van der Waals surface area contributed by atoms with E-state index in [9.17, 15) is 9.59 Å². The van der Waals surface area contributed by atoms with Crippen LogP contribution in [0.3, 0.4) is 0 Å². The molecule has 4 heterocycles. The number of nitrogens with zero attached hydrogens (tertiary/aromatic N) is 3. The molecule has 0 bridgehead atoms. The quantitative estimate of drug-likeness (QED) is 0.530. The van der Waals surface area contributed by atoms with Crippen LogP contribution in [0.2, 0.25) is 0 Å². The van der Waals surface area contributed by atoms with E-state index in [0.717, 1.165) is 39.1 Å². The van der Waals surface area contributed by atoms with Crippen LogP contribution in [0, 0.1) is 17.8 Å². The van der Waals surface area contributed by atoms with Crippen molar-refractivity contribution < 1.29 is 19.1 Å². The van der Waals surface area contributed by atoms with E-state index in [-0.39, 0.29) is 23.9 Å². The molecule has 4 aliphatic rings. The second-order valence-corrected chi connectivity index (χ2v) is 12.9. The number of carbonyl (C=O) groups excluding carboxylic acids is 2. The van der Waals surface area contributed by atoms with Crippen molar-refractivity contribution in [3.05, 3.63) is 0 Å². The van der Waals surface area contributed by atoms with Crippen LogP contribution in [0.4, 0.5) is 0 Å². The van der Waals surface area contributed by atoms with Crippen LogP contribution in [0.25, 0.3) is 0 Å². The van der Waals surface area contributed by atoms with Gasteiger partial charge in [0.05, 0.1) is 19.3 Å². The molecule has 0 saturated carbocycles. The van der Waals surface area contributed by atoms with Crippen LogP contribution < -0.4 is 5.32 Å². The lowest BCUT2D eigenvalue weighted by molar-refractivity contribution is -0.303. The summed E-state index contributed by atoms with van der Waals surface area (Å²) in [5.74, 6) is 0.785. The molecule has 0 radical (unpaired) electrons. The topological polar surface area (TPSA) is 74.3 Å². The third-order valence-electron chi connectivity index (χ3n) is 8.65. The number of hydrogen-bond donors (Lipinski definition) is 1. The summed E-state index contributed by atoms with van der Waals surface area (Å²) in [5, 5.41) is 3.44. The Hall–Kier alpha value is -1.22. The standard InChI is InChI=1S/C29H52N4O4/c1-21(2)15-25-27(34)33(13-8-10-30-25)26(16-22(3)4)28(35)32-14-9-29(17-23(32)5)36-19-24(20-37-29)18-31-11-6-7-12-31/h21-26,30H,6-20H2,1-5H3/t23-,24-,25-,26-,29+/m0/s1. The molecule has 4 aliphatic heterocycles. The van der Waals surface area contributed by atoms with Gasteiger partial charge in [0.15, 0.2) is 5.79 Å². The van der Waals surface area contributed by atoms with Gasteiger partial charge in [-0.15, -0.1) is 0 Å². The predicted octanol–water partition coefficient (Wildman–Crippen LogP) is 3.10.